The van der Waals surface area contributed by atoms with Gasteiger partial charge in [-0.05, 0) is 89.9 Å². The van der Waals surface area contributed by atoms with Gasteiger partial charge in [-0.3, -0.25) is 0 Å². The van der Waals surface area contributed by atoms with E-state index in [2.05, 4.69) is 39.6 Å². The molecular formula is C24H40IN7O. The summed E-state index contributed by atoms with van der Waals surface area (Å²) in [4.78, 5) is 7.33. The number of anilines is 1. The molecule has 2 N–H and O–H groups in total. The van der Waals surface area contributed by atoms with Crippen LogP contribution in [0.4, 0.5) is 5.69 Å². The first-order valence-corrected chi connectivity index (χ1v) is 11.9. The van der Waals surface area contributed by atoms with E-state index in [9.17, 15) is 0 Å². The number of hydrogen-bond donors (Lipinski definition) is 2. The van der Waals surface area contributed by atoms with Crippen molar-refractivity contribution in [1.29, 1.82) is 0 Å². The molecule has 0 aliphatic carbocycles. The Bertz CT molecular complexity index is 830. The Kier molecular flexibility index (Phi) is 11.9. The van der Waals surface area contributed by atoms with E-state index in [1.165, 1.54) is 25.9 Å². The van der Waals surface area contributed by atoms with Gasteiger partial charge in [0.1, 0.15) is 18.6 Å². The van der Waals surface area contributed by atoms with Crippen molar-refractivity contribution in [3.63, 3.8) is 0 Å². The molecule has 9 heteroatoms. The minimum atomic E-state index is 0. The molecule has 3 rings (SSSR count). The molecule has 0 bridgehead atoms. The number of guanidine groups is 1. The second-order valence-electron chi connectivity index (χ2n) is 8.82. The largest absolute Gasteiger partial charge is 0.491 e. The molecule has 1 aromatic carbocycles. The quantitative estimate of drug-likeness (QED) is 0.191. The van der Waals surface area contributed by atoms with Crippen LogP contribution in [0, 0.1) is 5.92 Å². The highest BCUT2D eigenvalue weighted by Gasteiger charge is 2.15. The van der Waals surface area contributed by atoms with Crippen molar-refractivity contribution < 1.29 is 4.74 Å². The highest BCUT2D eigenvalue weighted by Crippen LogP contribution is 2.17. The smallest absolute Gasteiger partial charge is 0.196 e. The van der Waals surface area contributed by atoms with Crippen LogP contribution in [0.1, 0.15) is 52.8 Å². The second-order valence-corrected chi connectivity index (χ2v) is 8.82. The molecule has 2 heterocycles. The minimum Gasteiger partial charge on any atom is -0.491 e. The number of likely N-dealkylation sites (tertiary alicyclic amines) is 1. The van der Waals surface area contributed by atoms with E-state index in [4.69, 9.17) is 9.73 Å². The van der Waals surface area contributed by atoms with Gasteiger partial charge >= 0.3 is 0 Å². The number of aliphatic imine (C=N–C) groups is 1. The van der Waals surface area contributed by atoms with Gasteiger partial charge in [0, 0.05) is 18.8 Å². The van der Waals surface area contributed by atoms with Crippen LogP contribution < -0.4 is 15.4 Å². The van der Waals surface area contributed by atoms with Crippen molar-refractivity contribution in [2.45, 2.75) is 66.2 Å². The molecule has 0 atom stereocenters. The first-order chi connectivity index (χ1) is 15.5. The minimum absolute atomic E-state index is 0. The zero-order valence-electron chi connectivity index (χ0n) is 20.5. The third-order valence-corrected chi connectivity index (χ3v) is 5.72. The summed E-state index contributed by atoms with van der Waals surface area (Å²) in [5.41, 5.74) is 0.967. The fraction of sp³-hybridized carbons (Fsp3) is 0.625. The predicted molar refractivity (Wildman–Crippen MR) is 146 cm³/mol. The summed E-state index contributed by atoms with van der Waals surface area (Å²) < 4.78 is 7.75. The highest BCUT2D eigenvalue weighted by atomic mass is 127. The Hall–Kier alpha value is -1.88. The van der Waals surface area contributed by atoms with Gasteiger partial charge in [0.25, 0.3) is 0 Å². The van der Waals surface area contributed by atoms with Gasteiger partial charge in [-0.2, -0.15) is 0 Å². The third kappa shape index (κ3) is 9.48. The zero-order chi connectivity index (χ0) is 22.8. The Morgan fingerprint density at radius 2 is 1.94 bits per heavy atom. The van der Waals surface area contributed by atoms with Crippen LogP contribution in [0.3, 0.4) is 0 Å². The van der Waals surface area contributed by atoms with Gasteiger partial charge < -0.3 is 24.8 Å². The number of piperidine rings is 1. The summed E-state index contributed by atoms with van der Waals surface area (Å²) >= 11 is 0. The Morgan fingerprint density at radius 3 is 2.61 bits per heavy atom. The van der Waals surface area contributed by atoms with Crippen molar-refractivity contribution in [1.82, 2.24) is 25.0 Å². The molecule has 1 aliphatic heterocycles. The number of ether oxygens (including phenoxy) is 1. The molecule has 1 saturated heterocycles. The van der Waals surface area contributed by atoms with Crippen LogP contribution in [0.2, 0.25) is 0 Å². The monoisotopic (exact) mass is 569 g/mol. The molecule has 33 heavy (non-hydrogen) atoms. The van der Waals surface area contributed by atoms with E-state index in [-0.39, 0.29) is 30.1 Å². The number of rotatable bonds is 10. The molecular weight excluding hydrogens is 529 g/mol. The van der Waals surface area contributed by atoms with Crippen molar-refractivity contribution >= 4 is 35.6 Å². The van der Waals surface area contributed by atoms with Gasteiger partial charge in [0.15, 0.2) is 11.8 Å². The van der Waals surface area contributed by atoms with Crippen LogP contribution in [0.5, 0.6) is 5.75 Å². The molecule has 1 aromatic heterocycles. The summed E-state index contributed by atoms with van der Waals surface area (Å²) in [6.07, 6.45) is 5.62. The molecule has 184 valence electrons. The zero-order valence-corrected chi connectivity index (χ0v) is 22.8. The molecule has 0 amide bonds. The summed E-state index contributed by atoms with van der Waals surface area (Å²) in [6.45, 7) is 14.2. The maximum absolute atomic E-state index is 5.74. The first kappa shape index (κ1) is 27.4. The fourth-order valence-corrected chi connectivity index (χ4v) is 3.78. The standard InChI is InChI=1S/C24H39N7O.HI/c1-5-31-18-27-29-23(31)17-26-24(25-13-6-14-30-15-11-20(4)12-16-30)28-21-7-9-22(10-8-21)32-19(2)3;/h7-10,18-20H,5-6,11-17H2,1-4H3,(H2,25,26,28);1H. The normalized spacial score (nSPS) is 15.4. The van der Waals surface area contributed by atoms with Crippen LogP contribution in [-0.2, 0) is 13.1 Å². The number of halogens is 1. The van der Waals surface area contributed by atoms with Gasteiger partial charge in [-0.25, -0.2) is 4.99 Å². The molecule has 1 aliphatic rings. The lowest BCUT2D eigenvalue weighted by Gasteiger charge is -2.30. The van der Waals surface area contributed by atoms with Gasteiger partial charge in [-0.1, -0.05) is 6.92 Å². The number of hydrogen-bond acceptors (Lipinski definition) is 5. The summed E-state index contributed by atoms with van der Waals surface area (Å²) in [5, 5.41) is 15.1. The molecule has 8 nitrogen and oxygen atoms in total. The fourth-order valence-electron chi connectivity index (χ4n) is 3.78. The van der Waals surface area contributed by atoms with E-state index < -0.39 is 0 Å². The lowest BCUT2D eigenvalue weighted by atomic mass is 9.99. The highest BCUT2D eigenvalue weighted by molar-refractivity contribution is 14.0. The average molecular weight is 570 g/mol. The molecule has 0 spiro atoms. The summed E-state index contributed by atoms with van der Waals surface area (Å²) in [5.74, 6) is 3.34. The lowest BCUT2D eigenvalue weighted by Crippen LogP contribution is -2.37. The third-order valence-electron chi connectivity index (χ3n) is 5.72. The number of benzene rings is 1. The van der Waals surface area contributed by atoms with Crippen LogP contribution in [0.25, 0.3) is 0 Å². The number of aryl methyl sites for hydroxylation is 1. The van der Waals surface area contributed by atoms with Crippen molar-refractivity contribution in [3.8, 4) is 5.75 Å². The molecule has 0 saturated carbocycles. The Morgan fingerprint density at radius 1 is 1.21 bits per heavy atom. The van der Waals surface area contributed by atoms with Gasteiger partial charge in [0.2, 0.25) is 0 Å². The average Bonchev–Trinajstić information content (AvgIpc) is 3.24. The van der Waals surface area contributed by atoms with E-state index in [0.717, 1.165) is 55.2 Å². The van der Waals surface area contributed by atoms with Crippen LogP contribution >= 0.6 is 24.0 Å². The van der Waals surface area contributed by atoms with Gasteiger partial charge in [-0.15, -0.1) is 34.2 Å². The van der Waals surface area contributed by atoms with Crippen molar-refractivity contribution in [2.75, 3.05) is 31.5 Å². The van der Waals surface area contributed by atoms with E-state index in [1.54, 1.807) is 6.33 Å². The molecule has 1 fully saturated rings. The molecule has 0 unspecified atom stereocenters. The number of nitrogens with one attached hydrogen (secondary N) is 2. The predicted octanol–water partition coefficient (Wildman–Crippen LogP) is 4.38. The van der Waals surface area contributed by atoms with Crippen molar-refractivity contribution in [3.05, 3.63) is 36.4 Å². The Balaban J connectivity index is 0.00000385. The maximum atomic E-state index is 5.74. The second kappa shape index (κ2) is 14.4. The van der Waals surface area contributed by atoms with E-state index >= 15 is 0 Å². The van der Waals surface area contributed by atoms with Crippen LogP contribution in [0.15, 0.2) is 35.6 Å². The topological polar surface area (TPSA) is 79.6 Å². The number of aromatic nitrogens is 3. The summed E-state index contributed by atoms with van der Waals surface area (Å²) in [6, 6.07) is 7.98. The van der Waals surface area contributed by atoms with E-state index in [1.807, 2.05) is 42.7 Å². The van der Waals surface area contributed by atoms with E-state index in [0.29, 0.717) is 6.54 Å². The first-order valence-electron chi connectivity index (χ1n) is 11.9. The number of nitrogens with zero attached hydrogens (tertiary/aromatic N) is 5. The van der Waals surface area contributed by atoms with Crippen LogP contribution in [-0.4, -0.2) is 57.9 Å². The molecule has 2 aromatic rings. The van der Waals surface area contributed by atoms with Crippen molar-refractivity contribution in [2.24, 2.45) is 10.9 Å². The lowest BCUT2D eigenvalue weighted by molar-refractivity contribution is 0.191. The summed E-state index contributed by atoms with van der Waals surface area (Å²) in [7, 11) is 0. The maximum Gasteiger partial charge on any atom is 0.196 e. The SMILES string of the molecule is CCn1cnnc1CN=C(NCCCN1CCC(C)CC1)Nc1ccc(OC(C)C)cc1.I. The molecule has 0 radical (unpaired) electrons. The van der Waals surface area contributed by atoms with Gasteiger partial charge in [0.05, 0.1) is 6.10 Å². The Labute approximate surface area is 215 Å².